The molecule has 2 aliphatic heterocycles. The second-order valence-corrected chi connectivity index (χ2v) is 9.68. The van der Waals surface area contributed by atoms with Crippen LogP contribution in [0.4, 0.5) is 11.5 Å². The largest absolute Gasteiger partial charge is 0.337 e. The van der Waals surface area contributed by atoms with Gasteiger partial charge in [-0.25, -0.2) is 9.97 Å². The van der Waals surface area contributed by atoms with Crippen LogP contribution in [0.3, 0.4) is 0 Å². The zero-order valence-corrected chi connectivity index (χ0v) is 16.4. The van der Waals surface area contributed by atoms with Gasteiger partial charge in [0.05, 0.1) is 5.69 Å². The molecule has 7 rings (SSSR count). The summed E-state index contributed by atoms with van der Waals surface area (Å²) in [5.74, 6) is 4.35. The van der Waals surface area contributed by atoms with Crippen LogP contribution in [0.15, 0.2) is 52.2 Å². The van der Waals surface area contributed by atoms with Crippen LogP contribution in [-0.4, -0.2) is 28.0 Å². The number of aromatic nitrogens is 2. The molecule has 1 saturated carbocycles. The average Bonchev–Trinajstić information content (AvgIpc) is 2.65. The third-order valence-electron chi connectivity index (χ3n) is 6.81. The molecule has 3 aliphatic carbocycles. The Morgan fingerprint density at radius 1 is 1.15 bits per heavy atom. The summed E-state index contributed by atoms with van der Waals surface area (Å²) in [5.41, 5.74) is 4.24. The lowest BCUT2D eigenvalue weighted by molar-refractivity contribution is 0.00993. The van der Waals surface area contributed by atoms with E-state index in [9.17, 15) is 0 Å². The Kier molecular flexibility index (Phi) is 3.63. The van der Waals surface area contributed by atoms with Crippen LogP contribution < -0.4 is 5.32 Å². The highest BCUT2D eigenvalue weighted by atomic mass is 32.2. The van der Waals surface area contributed by atoms with E-state index in [4.69, 9.17) is 0 Å². The summed E-state index contributed by atoms with van der Waals surface area (Å²) in [7, 11) is 0. The third-order valence-corrected chi connectivity index (χ3v) is 7.88. The van der Waals surface area contributed by atoms with Crippen molar-refractivity contribution < 1.29 is 0 Å². The number of anilines is 2. The standard InChI is InChI=1S/C22H24N4S/c1-13-6-15-7-16-11-26(12-17(8-15)20(13)16)10-14-2-3-19-18(9-14)25-21-22(27-19)24-5-4-23-21/h2-6,9,15-17,20H,7-8,10-12H2,1H3,(H,23,25). The molecular formula is C22H24N4S. The zero-order chi connectivity index (χ0) is 18.0. The minimum absolute atomic E-state index is 0.860. The lowest BCUT2D eigenvalue weighted by Crippen LogP contribution is -2.52. The SMILES string of the molecule is CC1=CC2CC3CN(Cc4ccc5c(c4)Nc4nccnc4S5)CC(C2)C13. The maximum absolute atomic E-state index is 4.42. The molecule has 3 heterocycles. The molecule has 2 fully saturated rings. The molecule has 2 unspecified atom stereocenters. The zero-order valence-electron chi connectivity index (χ0n) is 15.6. The molecule has 5 heteroatoms. The fraction of sp³-hybridized carbons (Fsp3) is 0.455. The summed E-state index contributed by atoms with van der Waals surface area (Å²) >= 11 is 1.70. The van der Waals surface area contributed by atoms with Gasteiger partial charge in [0, 0.05) is 36.9 Å². The van der Waals surface area contributed by atoms with E-state index < -0.39 is 0 Å². The van der Waals surface area contributed by atoms with Crippen LogP contribution in [0.25, 0.3) is 0 Å². The Balaban J connectivity index is 1.20. The van der Waals surface area contributed by atoms with E-state index in [2.05, 4.69) is 51.4 Å². The minimum Gasteiger partial charge on any atom is -0.337 e. The van der Waals surface area contributed by atoms with Crippen molar-refractivity contribution in [3.05, 3.63) is 47.8 Å². The third kappa shape index (κ3) is 2.71. The fourth-order valence-corrected chi connectivity index (χ4v) is 6.87. The highest BCUT2D eigenvalue weighted by Gasteiger charge is 2.45. The first-order valence-corrected chi connectivity index (χ1v) is 10.8. The van der Waals surface area contributed by atoms with Gasteiger partial charge in [0.15, 0.2) is 5.82 Å². The van der Waals surface area contributed by atoms with Crippen molar-refractivity contribution in [3.8, 4) is 0 Å². The number of hydrogen-bond acceptors (Lipinski definition) is 5. The van der Waals surface area contributed by atoms with E-state index in [0.717, 1.165) is 41.1 Å². The first-order chi connectivity index (χ1) is 13.2. The van der Waals surface area contributed by atoms with Gasteiger partial charge >= 0.3 is 0 Å². The van der Waals surface area contributed by atoms with E-state index in [1.807, 2.05) is 0 Å². The van der Waals surface area contributed by atoms with Crippen molar-refractivity contribution in [2.24, 2.45) is 23.7 Å². The number of piperidine rings is 1. The molecule has 5 aliphatic rings. The van der Waals surface area contributed by atoms with E-state index in [1.54, 1.807) is 29.7 Å². The molecule has 1 aromatic carbocycles. The molecular weight excluding hydrogens is 352 g/mol. The van der Waals surface area contributed by atoms with E-state index >= 15 is 0 Å². The molecule has 27 heavy (non-hydrogen) atoms. The van der Waals surface area contributed by atoms with Gasteiger partial charge in [0.2, 0.25) is 0 Å². The van der Waals surface area contributed by atoms with Crippen molar-refractivity contribution >= 4 is 23.3 Å². The van der Waals surface area contributed by atoms with Crippen molar-refractivity contribution in [2.75, 3.05) is 18.4 Å². The number of allylic oxidation sites excluding steroid dienone is 2. The monoisotopic (exact) mass is 376 g/mol. The normalized spacial score (nSPS) is 30.9. The maximum Gasteiger partial charge on any atom is 0.163 e. The number of benzene rings is 1. The van der Waals surface area contributed by atoms with Gasteiger partial charge in [-0.15, -0.1) is 0 Å². The van der Waals surface area contributed by atoms with E-state index in [0.29, 0.717) is 0 Å². The van der Waals surface area contributed by atoms with Crippen LogP contribution in [0.5, 0.6) is 0 Å². The molecule has 2 atom stereocenters. The van der Waals surface area contributed by atoms with Gasteiger partial charge in [0.1, 0.15) is 5.03 Å². The topological polar surface area (TPSA) is 41.0 Å². The predicted molar refractivity (Wildman–Crippen MR) is 108 cm³/mol. The van der Waals surface area contributed by atoms with E-state index in [1.165, 1.54) is 42.1 Å². The Bertz CT molecular complexity index is 924. The van der Waals surface area contributed by atoms with Gasteiger partial charge in [0.25, 0.3) is 0 Å². The summed E-state index contributed by atoms with van der Waals surface area (Å²) in [4.78, 5) is 12.8. The van der Waals surface area contributed by atoms with Gasteiger partial charge < -0.3 is 5.32 Å². The fourth-order valence-electron chi connectivity index (χ4n) is 6.00. The number of rotatable bonds is 2. The molecule has 1 saturated heterocycles. The first kappa shape index (κ1) is 16.1. The Labute approximate surface area is 164 Å². The lowest BCUT2D eigenvalue weighted by Gasteiger charge is -2.53. The molecule has 0 spiro atoms. The van der Waals surface area contributed by atoms with Crippen LogP contribution in [0.1, 0.15) is 25.3 Å². The van der Waals surface area contributed by atoms with Crippen molar-refractivity contribution in [3.63, 3.8) is 0 Å². The predicted octanol–water partition coefficient (Wildman–Crippen LogP) is 4.72. The highest BCUT2D eigenvalue weighted by molar-refractivity contribution is 7.99. The van der Waals surface area contributed by atoms with Crippen LogP contribution >= 0.6 is 11.8 Å². The highest BCUT2D eigenvalue weighted by Crippen LogP contribution is 2.51. The summed E-state index contributed by atoms with van der Waals surface area (Å²) < 4.78 is 0. The first-order valence-electron chi connectivity index (χ1n) is 10.0. The Hall–Kier alpha value is -1.85. The molecule has 138 valence electrons. The molecule has 4 bridgehead atoms. The number of nitrogens with one attached hydrogen (secondary N) is 1. The average molecular weight is 377 g/mol. The van der Waals surface area contributed by atoms with Crippen molar-refractivity contribution in [1.82, 2.24) is 14.9 Å². The smallest absolute Gasteiger partial charge is 0.163 e. The number of hydrogen-bond donors (Lipinski definition) is 1. The minimum atomic E-state index is 0.860. The maximum atomic E-state index is 4.42. The molecule has 1 aromatic heterocycles. The van der Waals surface area contributed by atoms with Crippen LogP contribution in [0.2, 0.25) is 0 Å². The Morgan fingerprint density at radius 3 is 2.78 bits per heavy atom. The van der Waals surface area contributed by atoms with Gasteiger partial charge in [-0.2, -0.15) is 0 Å². The Morgan fingerprint density at radius 2 is 1.96 bits per heavy atom. The number of nitrogens with zero attached hydrogens (tertiary/aromatic N) is 3. The summed E-state index contributed by atoms with van der Waals surface area (Å²) in [6.45, 7) is 5.95. The molecule has 0 radical (unpaired) electrons. The van der Waals surface area contributed by atoms with E-state index in [-0.39, 0.29) is 0 Å². The van der Waals surface area contributed by atoms with Crippen molar-refractivity contribution in [2.45, 2.75) is 36.2 Å². The lowest BCUT2D eigenvalue weighted by atomic mass is 9.58. The summed E-state index contributed by atoms with van der Waals surface area (Å²) in [5, 5.41) is 4.42. The van der Waals surface area contributed by atoms with Gasteiger partial charge in [-0.05, 0) is 61.1 Å². The number of likely N-dealkylation sites (tertiary alicyclic amines) is 1. The van der Waals surface area contributed by atoms with Crippen LogP contribution in [-0.2, 0) is 6.54 Å². The molecule has 2 aromatic rings. The summed E-state index contributed by atoms with van der Waals surface area (Å²) in [6.07, 6.45) is 8.89. The second-order valence-electron chi connectivity index (χ2n) is 8.65. The van der Waals surface area contributed by atoms with Gasteiger partial charge in [-0.3, -0.25) is 4.90 Å². The number of fused-ring (bicyclic) bond motifs is 2. The quantitative estimate of drug-likeness (QED) is 0.656. The molecule has 0 amide bonds. The molecule has 4 nitrogen and oxygen atoms in total. The van der Waals surface area contributed by atoms with Crippen molar-refractivity contribution in [1.29, 1.82) is 0 Å². The van der Waals surface area contributed by atoms with Gasteiger partial charge in [-0.1, -0.05) is 29.5 Å². The summed E-state index contributed by atoms with van der Waals surface area (Å²) in [6, 6.07) is 6.83. The molecule has 1 N–H and O–H groups in total. The second kappa shape index (κ2) is 6.08. The van der Waals surface area contributed by atoms with Crippen LogP contribution in [0, 0.1) is 23.7 Å².